The van der Waals surface area contributed by atoms with Gasteiger partial charge in [-0.05, 0) is 43.3 Å². The molecule has 0 fully saturated rings. The summed E-state index contributed by atoms with van der Waals surface area (Å²) in [5.41, 5.74) is 3.85. The summed E-state index contributed by atoms with van der Waals surface area (Å²) in [5, 5.41) is 9.21. The topological polar surface area (TPSA) is 39.9 Å². The zero-order chi connectivity index (χ0) is 15.5. The van der Waals surface area contributed by atoms with Gasteiger partial charge in [0, 0.05) is 15.6 Å². The summed E-state index contributed by atoms with van der Waals surface area (Å²) < 4.78 is 6.26. The van der Waals surface area contributed by atoms with Gasteiger partial charge in [-0.2, -0.15) is 15.0 Å². The van der Waals surface area contributed by atoms with E-state index in [1.54, 1.807) is 11.9 Å². The van der Waals surface area contributed by atoms with Crippen molar-refractivity contribution in [3.8, 4) is 28.3 Å². The van der Waals surface area contributed by atoms with Gasteiger partial charge in [0.2, 0.25) is 0 Å². The molecule has 1 aromatic heterocycles. The Hall–Kier alpha value is -2.14. The molecule has 1 heterocycles. The van der Waals surface area contributed by atoms with Crippen LogP contribution < -0.4 is 4.74 Å². The number of rotatable bonds is 4. The molecule has 2 aromatic carbocycles. The lowest BCUT2D eigenvalue weighted by atomic mass is 10.1. The van der Waals surface area contributed by atoms with Gasteiger partial charge in [-0.25, -0.2) is 0 Å². The van der Waals surface area contributed by atoms with Gasteiger partial charge in [0.1, 0.15) is 17.1 Å². The van der Waals surface area contributed by atoms with Crippen molar-refractivity contribution >= 4 is 15.9 Å². The van der Waals surface area contributed by atoms with E-state index in [-0.39, 0.29) is 0 Å². The monoisotopic (exact) mass is 357 g/mol. The van der Waals surface area contributed by atoms with Crippen molar-refractivity contribution in [2.75, 3.05) is 7.11 Å². The molecule has 0 spiro atoms. The smallest absolute Gasteiger partial charge is 0.121 e. The van der Waals surface area contributed by atoms with Gasteiger partial charge in [0.25, 0.3) is 0 Å². The minimum atomic E-state index is 0.736. The SMILES string of the molecule is CCn1nc(-c2ccc(Br)cc2)c(-c2ccc(OC)cc2)n1. The molecular formula is C17H16BrN3O. The zero-order valence-corrected chi connectivity index (χ0v) is 14.0. The van der Waals surface area contributed by atoms with E-state index < -0.39 is 0 Å². The Morgan fingerprint density at radius 3 is 1.86 bits per heavy atom. The number of hydrogen-bond donors (Lipinski definition) is 0. The second kappa shape index (κ2) is 6.32. The minimum absolute atomic E-state index is 0.736. The third kappa shape index (κ3) is 2.90. The number of nitrogens with zero attached hydrogens (tertiary/aromatic N) is 3. The third-order valence-electron chi connectivity index (χ3n) is 3.42. The third-order valence-corrected chi connectivity index (χ3v) is 3.95. The number of halogens is 1. The molecule has 3 aromatic rings. The molecule has 22 heavy (non-hydrogen) atoms. The normalized spacial score (nSPS) is 10.7. The molecule has 0 radical (unpaired) electrons. The fourth-order valence-corrected chi connectivity index (χ4v) is 2.50. The summed E-state index contributed by atoms with van der Waals surface area (Å²) >= 11 is 3.46. The molecule has 112 valence electrons. The Labute approximate surface area is 137 Å². The molecule has 0 atom stereocenters. The molecule has 0 amide bonds. The Morgan fingerprint density at radius 1 is 0.909 bits per heavy atom. The van der Waals surface area contributed by atoms with Crippen molar-refractivity contribution in [1.82, 2.24) is 15.0 Å². The van der Waals surface area contributed by atoms with Crippen LogP contribution >= 0.6 is 15.9 Å². The maximum atomic E-state index is 5.21. The second-order valence-electron chi connectivity index (χ2n) is 4.82. The Balaban J connectivity index is 2.09. The number of methoxy groups -OCH3 is 1. The molecule has 0 aliphatic rings. The molecule has 3 rings (SSSR count). The van der Waals surface area contributed by atoms with Crippen LogP contribution in [0.3, 0.4) is 0 Å². The number of aryl methyl sites for hydroxylation is 1. The van der Waals surface area contributed by atoms with Gasteiger partial charge < -0.3 is 4.74 Å². The first-order valence-electron chi connectivity index (χ1n) is 7.06. The summed E-state index contributed by atoms with van der Waals surface area (Å²) in [4.78, 5) is 1.72. The Kier molecular flexibility index (Phi) is 4.24. The maximum Gasteiger partial charge on any atom is 0.121 e. The van der Waals surface area contributed by atoms with Gasteiger partial charge in [-0.3, -0.25) is 0 Å². The van der Waals surface area contributed by atoms with Crippen LogP contribution in [0.15, 0.2) is 53.0 Å². The second-order valence-corrected chi connectivity index (χ2v) is 5.74. The molecule has 0 aliphatic carbocycles. The van der Waals surface area contributed by atoms with Crippen LogP contribution in [0.2, 0.25) is 0 Å². The maximum absolute atomic E-state index is 5.21. The largest absolute Gasteiger partial charge is 0.497 e. The van der Waals surface area contributed by atoms with Crippen LogP contribution in [0.5, 0.6) is 5.75 Å². The van der Waals surface area contributed by atoms with E-state index in [4.69, 9.17) is 4.74 Å². The van der Waals surface area contributed by atoms with Crippen molar-refractivity contribution in [2.45, 2.75) is 13.5 Å². The number of aromatic nitrogens is 3. The molecule has 0 bridgehead atoms. The quantitative estimate of drug-likeness (QED) is 0.694. The molecule has 0 saturated heterocycles. The van der Waals surface area contributed by atoms with Crippen LogP contribution in [0.1, 0.15) is 6.92 Å². The van der Waals surface area contributed by atoms with Crippen LogP contribution in [0, 0.1) is 0 Å². The molecule has 0 saturated carbocycles. The van der Waals surface area contributed by atoms with Crippen molar-refractivity contribution in [1.29, 1.82) is 0 Å². The van der Waals surface area contributed by atoms with Gasteiger partial charge >= 0.3 is 0 Å². The van der Waals surface area contributed by atoms with Crippen molar-refractivity contribution in [3.05, 3.63) is 53.0 Å². The first-order chi connectivity index (χ1) is 10.7. The molecule has 4 nitrogen and oxygen atoms in total. The fraction of sp³-hybridized carbons (Fsp3) is 0.176. The fourth-order valence-electron chi connectivity index (χ4n) is 2.23. The summed E-state index contributed by atoms with van der Waals surface area (Å²) in [5.74, 6) is 0.830. The van der Waals surface area contributed by atoms with E-state index in [0.29, 0.717) is 0 Å². The highest BCUT2D eigenvalue weighted by atomic mass is 79.9. The zero-order valence-electron chi connectivity index (χ0n) is 12.5. The molecule has 0 aliphatic heterocycles. The van der Waals surface area contributed by atoms with Crippen molar-refractivity contribution in [3.63, 3.8) is 0 Å². The summed E-state index contributed by atoms with van der Waals surface area (Å²) in [6, 6.07) is 16.0. The Morgan fingerprint density at radius 2 is 1.41 bits per heavy atom. The molecule has 0 N–H and O–H groups in total. The van der Waals surface area contributed by atoms with Crippen LogP contribution in [0.25, 0.3) is 22.5 Å². The van der Waals surface area contributed by atoms with Crippen LogP contribution in [0.4, 0.5) is 0 Å². The minimum Gasteiger partial charge on any atom is -0.497 e. The molecule has 0 unspecified atom stereocenters. The number of hydrogen-bond acceptors (Lipinski definition) is 3. The van der Waals surface area contributed by atoms with E-state index >= 15 is 0 Å². The lowest BCUT2D eigenvalue weighted by molar-refractivity contribution is 0.415. The first kappa shape index (κ1) is 14.8. The summed E-state index contributed by atoms with van der Waals surface area (Å²) in [6.07, 6.45) is 0. The van der Waals surface area contributed by atoms with E-state index in [9.17, 15) is 0 Å². The molecule has 5 heteroatoms. The van der Waals surface area contributed by atoms with Gasteiger partial charge in [0.15, 0.2) is 0 Å². The molecular weight excluding hydrogens is 342 g/mol. The lowest BCUT2D eigenvalue weighted by Gasteiger charge is -2.03. The summed E-state index contributed by atoms with van der Waals surface area (Å²) in [6.45, 7) is 2.77. The summed E-state index contributed by atoms with van der Waals surface area (Å²) in [7, 11) is 1.66. The van der Waals surface area contributed by atoms with Gasteiger partial charge in [-0.1, -0.05) is 28.1 Å². The van der Waals surface area contributed by atoms with Gasteiger partial charge in [0.05, 0.1) is 13.7 Å². The standard InChI is InChI=1S/C17H16BrN3O/c1-3-21-19-16(12-4-8-14(18)9-5-12)17(20-21)13-6-10-15(22-2)11-7-13/h4-11H,3H2,1-2H3. The van der Waals surface area contributed by atoms with Crippen LogP contribution in [-0.2, 0) is 6.54 Å². The average Bonchev–Trinajstić information content (AvgIpc) is 3.00. The number of benzene rings is 2. The van der Waals surface area contributed by atoms with Crippen molar-refractivity contribution < 1.29 is 4.74 Å². The van der Waals surface area contributed by atoms with E-state index in [1.807, 2.05) is 55.5 Å². The first-order valence-corrected chi connectivity index (χ1v) is 7.86. The van der Waals surface area contributed by atoms with E-state index in [2.05, 4.69) is 26.1 Å². The average molecular weight is 358 g/mol. The predicted octanol–water partition coefficient (Wildman–Crippen LogP) is 4.40. The van der Waals surface area contributed by atoms with Crippen molar-refractivity contribution in [2.24, 2.45) is 0 Å². The van der Waals surface area contributed by atoms with E-state index in [0.717, 1.165) is 39.3 Å². The lowest BCUT2D eigenvalue weighted by Crippen LogP contribution is -1.98. The highest BCUT2D eigenvalue weighted by Crippen LogP contribution is 2.30. The van der Waals surface area contributed by atoms with Gasteiger partial charge in [-0.15, -0.1) is 0 Å². The van der Waals surface area contributed by atoms with E-state index in [1.165, 1.54) is 0 Å². The predicted molar refractivity (Wildman–Crippen MR) is 90.8 cm³/mol. The number of ether oxygens (including phenoxy) is 1. The highest BCUT2D eigenvalue weighted by molar-refractivity contribution is 9.10. The highest BCUT2D eigenvalue weighted by Gasteiger charge is 2.14. The Bertz CT molecular complexity index is 764. The van der Waals surface area contributed by atoms with Crippen LogP contribution in [-0.4, -0.2) is 22.1 Å².